The average molecular weight is 566 g/mol. The van der Waals surface area contributed by atoms with E-state index in [-0.39, 0.29) is 5.41 Å². The third-order valence-corrected chi connectivity index (χ3v) is 9.91. The van der Waals surface area contributed by atoms with E-state index in [4.69, 9.17) is 4.42 Å². The molecule has 0 saturated heterocycles. The van der Waals surface area contributed by atoms with Crippen molar-refractivity contribution in [2.24, 2.45) is 0 Å². The first kappa shape index (κ1) is 25.2. The van der Waals surface area contributed by atoms with Gasteiger partial charge in [0, 0.05) is 27.7 Å². The molecule has 44 heavy (non-hydrogen) atoms. The Balaban J connectivity index is 1.24. The number of fused-ring (bicyclic) bond motifs is 8. The fraction of sp³-hybridized carbons (Fsp3) is 0.0952. The van der Waals surface area contributed by atoms with Crippen LogP contribution < -0.4 is 5.32 Å². The smallest absolute Gasteiger partial charge is 0.135 e. The second-order valence-corrected chi connectivity index (χ2v) is 12.6. The Morgan fingerprint density at radius 3 is 1.80 bits per heavy atom. The lowest BCUT2D eigenvalue weighted by Crippen LogP contribution is -2.28. The molecule has 6 aromatic carbocycles. The monoisotopic (exact) mass is 565 g/mol. The Kier molecular flexibility index (Phi) is 5.20. The van der Waals surface area contributed by atoms with Crippen molar-refractivity contribution in [2.45, 2.75) is 24.7 Å². The Bertz CT molecular complexity index is 2180. The minimum absolute atomic E-state index is 0.0488. The van der Waals surface area contributed by atoms with Gasteiger partial charge < -0.3 is 9.73 Å². The van der Waals surface area contributed by atoms with Gasteiger partial charge in [-0.2, -0.15) is 0 Å². The number of benzene rings is 6. The molecular formula is C42H31NO. The maximum atomic E-state index is 6.86. The summed E-state index contributed by atoms with van der Waals surface area (Å²) in [6.07, 6.45) is 0. The number of furan rings is 1. The lowest BCUT2D eigenvalue weighted by Gasteiger charge is -2.32. The Hall–Kier alpha value is -5.34. The zero-order valence-corrected chi connectivity index (χ0v) is 24.8. The summed E-state index contributed by atoms with van der Waals surface area (Å²) >= 11 is 0. The van der Waals surface area contributed by atoms with Gasteiger partial charge in [0.1, 0.15) is 16.8 Å². The molecular weight excluding hydrogens is 534 g/mol. The summed E-state index contributed by atoms with van der Waals surface area (Å²) in [6, 6.07) is 52.5. The maximum absolute atomic E-state index is 6.86. The van der Waals surface area contributed by atoms with Crippen molar-refractivity contribution in [1.82, 2.24) is 0 Å². The van der Waals surface area contributed by atoms with Crippen molar-refractivity contribution >= 4 is 22.3 Å². The molecule has 1 N–H and O–H groups in total. The van der Waals surface area contributed by atoms with E-state index in [0.29, 0.717) is 0 Å². The highest BCUT2D eigenvalue weighted by atomic mass is 16.3. The molecule has 0 spiro atoms. The van der Waals surface area contributed by atoms with E-state index in [1.807, 2.05) is 0 Å². The maximum Gasteiger partial charge on any atom is 0.135 e. The van der Waals surface area contributed by atoms with Crippen molar-refractivity contribution in [3.63, 3.8) is 0 Å². The second-order valence-electron chi connectivity index (χ2n) is 12.6. The van der Waals surface area contributed by atoms with Gasteiger partial charge in [-0.25, -0.2) is 0 Å². The molecule has 0 amide bonds. The molecule has 0 fully saturated rings. The molecule has 9 rings (SSSR count). The molecule has 0 radical (unpaired) electrons. The minimum atomic E-state index is -0.592. The topological polar surface area (TPSA) is 25.2 Å². The fourth-order valence-electron chi connectivity index (χ4n) is 7.91. The second kappa shape index (κ2) is 9.08. The molecule has 2 aliphatic carbocycles. The summed E-state index contributed by atoms with van der Waals surface area (Å²) in [5, 5.41) is 4.95. The molecule has 2 nitrogen and oxygen atoms in total. The highest BCUT2D eigenvalue weighted by molar-refractivity contribution is 6.02. The number of nitrogens with one attached hydrogen (secondary N) is 1. The quantitative estimate of drug-likeness (QED) is 0.230. The van der Waals surface area contributed by atoms with Crippen LogP contribution in [0.3, 0.4) is 0 Å². The molecule has 2 aliphatic rings. The van der Waals surface area contributed by atoms with Crippen LogP contribution >= 0.6 is 0 Å². The Labute approximate surface area is 257 Å². The summed E-state index contributed by atoms with van der Waals surface area (Å²) in [6.45, 7) is 4.66. The van der Waals surface area contributed by atoms with Crippen molar-refractivity contribution in [1.29, 1.82) is 0 Å². The van der Waals surface area contributed by atoms with Gasteiger partial charge in [-0.3, -0.25) is 0 Å². The fourth-order valence-corrected chi connectivity index (χ4v) is 7.91. The van der Waals surface area contributed by atoms with E-state index >= 15 is 0 Å². The van der Waals surface area contributed by atoms with Gasteiger partial charge in [-0.1, -0.05) is 129 Å². The van der Waals surface area contributed by atoms with Crippen LogP contribution in [0.4, 0.5) is 11.4 Å². The van der Waals surface area contributed by atoms with Crippen LogP contribution in [0.2, 0.25) is 0 Å². The SMILES string of the molecule is CC1(C)c2ccccc2-c2ccc(Nc3ccc4c(c3)C(c3ccccc3)(c3ccccc3)c3oc5ccccc5c3-4)cc21. The van der Waals surface area contributed by atoms with Crippen LogP contribution in [-0.2, 0) is 10.8 Å². The molecule has 1 heterocycles. The van der Waals surface area contributed by atoms with Gasteiger partial charge in [0.05, 0.1) is 0 Å². The van der Waals surface area contributed by atoms with Crippen molar-refractivity contribution in [2.75, 3.05) is 5.32 Å². The Morgan fingerprint density at radius 1 is 0.500 bits per heavy atom. The number of para-hydroxylation sites is 1. The molecule has 210 valence electrons. The molecule has 7 aromatic rings. The van der Waals surface area contributed by atoms with Crippen LogP contribution in [0.25, 0.3) is 33.2 Å². The van der Waals surface area contributed by atoms with Crippen LogP contribution in [-0.4, -0.2) is 0 Å². The van der Waals surface area contributed by atoms with Crippen molar-refractivity contribution in [3.05, 3.63) is 179 Å². The van der Waals surface area contributed by atoms with E-state index in [0.717, 1.165) is 28.1 Å². The summed E-state index contributed by atoms with van der Waals surface area (Å²) in [7, 11) is 0. The lowest BCUT2D eigenvalue weighted by atomic mass is 9.70. The first-order chi connectivity index (χ1) is 21.6. The number of rotatable bonds is 4. The van der Waals surface area contributed by atoms with Crippen molar-refractivity contribution in [3.8, 4) is 22.3 Å². The summed E-state index contributed by atoms with van der Waals surface area (Å²) < 4.78 is 6.86. The third kappa shape index (κ3) is 3.31. The van der Waals surface area contributed by atoms with Crippen LogP contribution in [0.5, 0.6) is 0 Å². The first-order valence-corrected chi connectivity index (χ1v) is 15.4. The molecule has 0 bridgehead atoms. The zero-order valence-electron chi connectivity index (χ0n) is 24.8. The van der Waals surface area contributed by atoms with Gasteiger partial charge in [-0.05, 0) is 74.8 Å². The molecule has 0 aliphatic heterocycles. The number of hydrogen-bond donors (Lipinski definition) is 1. The molecule has 2 heteroatoms. The van der Waals surface area contributed by atoms with Crippen LogP contribution in [0.1, 0.15) is 47.4 Å². The number of anilines is 2. The van der Waals surface area contributed by atoms with Gasteiger partial charge in [0.15, 0.2) is 0 Å². The van der Waals surface area contributed by atoms with E-state index in [1.54, 1.807) is 0 Å². The van der Waals surface area contributed by atoms with Gasteiger partial charge in [-0.15, -0.1) is 0 Å². The first-order valence-electron chi connectivity index (χ1n) is 15.4. The number of hydrogen-bond acceptors (Lipinski definition) is 2. The highest BCUT2D eigenvalue weighted by Crippen LogP contribution is 2.59. The van der Waals surface area contributed by atoms with Crippen molar-refractivity contribution < 1.29 is 4.42 Å². The van der Waals surface area contributed by atoms with Crippen LogP contribution in [0, 0.1) is 0 Å². The van der Waals surface area contributed by atoms with E-state index < -0.39 is 5.41 Å². The third-order valence-electron chi connectivity index (χ3n) is 9.91. The van der Waals surface area contributed by atoms with Gasteiger partial charge in [0.25, 0.3) is 0 Å². The normalized spacial score (nSPS) is 15.0. The predicted octanol–water partition coefficient (Wildman–Crippen LogP) is 10.8. The van der Waals surface area contributed by atoms with E-state index in [1.165, 1.54) is 50.1 Å². The predicted molar refractivity (Wildman–Crippen MR) is 181 cm³/mol. The molecule has 0 saturated carbocycles. The summed E-state index contributed by atoms with van der Waals surface area (Å²) in [5.74, 6) is 0.986. The lowest BCUT2D eigenvalue weighted by molar-refractivity contribution is 0.502. The zero-order chi connectivity index (χ0) is 29.5. The van der Waals surface area contributed by atoms with Crippen LogP contribution in [0.15, 0.2) is 150 Å². The summed E-state index contributed by atoms with van der Waals surface area (Å²) in [4.78, 5) is 0. The standard InChI is InChI=1S/C42H31NO/c1-41(2)35-19-11-9-17-31(35)32-23-21-29(25-36(32)41)43-30-22-24-33-37(26-30)42(27-13-5-3-6-14-27,28-15-7-4-8-16-28)40-39(33)34-18-10-12-20-38(34)44-40/h3-26,43H,1-2H3. The Morgan fingerprint density at radius 2 is 1.07 bits per heavy atom. The van der Waals surface area contributed by atoms with E-state index in [2.05, 4.69) is 165 Å². The van der Waals surface area contributed by atoms with Gasteiger partial charge >= 0.3 is 0 Å². The van der Waals surface area contributed by atoms with Gasteiger partial charge in [0.2, 0.25) is 0 Å². The van der Waals surface area contributed by atoms with E-state index in [9.17, 15) is 0 Å². The molecule has 1 aromatic heterocycles. The minimum Gasteiger partial charge on any atom is -0.459 e. The highest BCUT2D eigenvalue weighted by Gasteiger charge is 2.50. The largest absolute Gasteiger partial charge is 0.459 e. The average Bonchev–Trinajstić information content (AvgIpc) is 3.66. The molecule has 0 unspecified atom stereocenters. The molecule has 0 atom stereocenters. The summed E-state index contributed by atoms with van der Waals surface area (Å²) in [5.41, 5.74) is 13.9.